The summed E-state index contributed by atoms with van der Waals surface area (Å²) >= 11 is 5.92. The van der Waals surface area contributed by atoms with E-state index < -0.39 is 0 Å². The highest BCUT2D eigenvalue weighted by Crippen LogP contribution is 2.17. The Bertz CT molecular complexity index is 421. The first-order chi connectivity index (χ1) is 8.43. The molecule has 1 heterocycles. The number of carbonyl (C=O) groups is 1. The maximum Gasteiger partial charge on any atom is 0.251 e. The van der Waals surface area contributed by atoms with Crippen molar-refractivity contribution in [1.29, 1.82) is 0 Å². The minimum atomic E-state index is -0.161. The molecule has 0 saturated heterocycles. The maximum absolute atomic E-state index is 12.0. The van der Waals surface area contributed by atoms with Crippen LogP contribution in [0.1, 0.15) is 42.7 Å². The summed E-state index contributed by atoms with van der Waals surface area (Å²) in [5.74, 6) is 0.0670. The molecule has 1 aromatic heterocycles. The molecule has 0 fully saturated rings. The van der Waals surface area contributed by atoms with Crippen molar-refractivity contribution in [2.24, 2.45) is 0 Å². The van der Waals surface area contributed by atoms with Gasteiger partial charge in [0.2, 0.25) is 0 Å². The van der Waals surface area contributed by atoms with Crippen LogP contribution < -0.4 is 5.32 Å². The van der Waals surface area contributed by atoms with Crippen LogP contribution >= 0.6 is 11.6 Å². The number of pyridine rings is 1. The lowest BCUT2D eigenvalue weighted by Gasteiger charge is -2.14. The molecule has 1 amide bonds. The van der Waals surface area contributed by atoms with Crippen molar-refractivity contribution in [3.63, 3.8) is 0 Å². The van der Waals surface area contributed by atoms with Crippen LogP contribution in [-0.2, 0) is 4.74 Å². The van der Waals surface area contributed by atoms with Gasteiger partial charge in [-0.25, -0.2) is 4.98 Å². The van der Waals surface area contributed by atoms with Gasteiger partial charge in [-0.3, -0.25) is 4.79 Å². The largest absolute Gasteiger partial charge is 0.383 e. The summed E-state index contributed by atoms with van der Waals surface area (Å²) < 4.78 is 4.97. The Kier molecular flexibility index (Phi) is 5.56. The Morgan fingerprint density at radius 1 is 1.44 bits per heavy atom. The second kappa shape index (κ2) is 6.71. The molecule has 0 aliphatic rings. The third-order valence-electron chi connectivity index (χ3n) is 2.46. The van der Waals surface area contributed by atoms with Crippen LogP contribution in [0.3, 0.4) is 0 Å². The van der Waals surface area contributed by atoms with E-state index in [0.717, 1.165) is 5.69 Å². The summed E-state index contributed by atoms with van der Waals surface area (Å²) in [5, 5.41) is 3.18. The molecule has 1 N–H and O–H groups in total. The van der Waals surface area contributed by atoms with E-state index in [1.807, 2.05) is 20.8 Å². The zero-order valence-corrected chi connectivity index (χ0v) is 11.9. The molecule has 0 aliphatic carbocycles. The zero-order chi connectivity index (χ0) is 13.7. The van der Waals surface area contributed by atoms with E-state index >= 15 is 0 Å². The van der Waals surface area contributed by atoms with Gasteiger partial charge >= 0.3 is 0 Å². The van der Waals surface area contributed by atoms with Crippen LogP contribution in [0.2, 0.25) is 5.15 Å². The second-order valence-electron chi connectivity index (χ2n) is 4.59. The summed E-state index contributed by atoms with van der Waals surface area (Å²) in [6.45, 7) is 6.37. The first-order valence-corrected chi connectivity index (χ1v) is 6.29. The van der Waals surface area contributed by atoms with Crippen LogP contribution in [0, 0.1) is 0 Å². The quantitative estimate of drug-likeness (QED) is 0.837. The SMILES string of the molecule is COCC(C)NC(=O)c1cc(Cl)nc(C(C)C)c1. The van der Waals surface area contributed by atoms with E-state index in [4.69, 9.17) is 16.3 Å². The van der Waals surface area contributed by atoms with Gasteiger partial charge in [0, 0.05) is 24.4 Å². The first-order valence-electron chi connectivity index (χ1n) is 5.91. The van der Waals surface area contributed by atoms with Gasteiger partial charge < -0.3 is 10.1 Å². The normalized spacial score (nSPS) is 12.6. The molecule has 100 valence electrons. The number of hydrogen-bond acceptors (Lipinski definition) is 3. The van der Waals surface area contributed by atoms with Crippen LogP contribution in [0.4, 0.5) is 0 Å². The monoisotopic (exact) mass is 270 g/mol. The second-order valence-corrected chi connectivity index (χ2v) is 4.98. The predicted molar refractivity (Wildman–Crippen MR) is 72.1 cm³/mol. The summed E-state index contributed by atoms with van der Waals surface area (Å²) in [5.41, 5.74) is 1.34. The number of ether oxygens (including phenoxy) is 1. The lowest BCUT2D eigenvalue weighted by atomic mass is 10.1. The average Bonchev–Trinajstić information content (AvgIpc) is 2.28. The molecule has 1 atom stereocenters. The lowest BCUT2D eigenvalue weighted by Crippen LogP contribution is -2.35. The summed E-state index contributed by atoms with van der Waals surface area (Å²) in [4.78, 5) is 16.2. The maximum atomic E-state index is 12.0. The van der Waals surface area contributed by atoms with Gasteiger partial charge in [0.25, 0.3) is 5.91 Å². The molecule has 4 nitrogen and oxygen atoms in total. The number of carbonyl (C=O) groups excluding carboxylic acids is 1. The number of amides is 1. The molecule has 1 unspecified atom stereocenters. The summed E-state index contributed by atoms with van der Waals surface area (Å²) in [6.07, 6.45) is 0. The summed E-state index contributed by atoms with van der Waals surface area (Å²) in [7, 11) is 1.60. The molecule has 0 radical (unpaired) electrons. The predicted octanol–water partition coefficient (Wildman–Crippen LogP) is 2.62. The highest BCUT2D eigenvalue weighted by molar-refractivity contribution is 6.29. The molecule has 0 spiro atoms. The Balaban J connectivity index is 2.85. The van der Waals surface area contributed by atoms with Gasteiger partial charge in [-0.2, -0.15) is 0 Å². The van der Waals surface area contributed by atoms with Crippen molar-refractivity contribution in [3.8, 4) is 0 Å². The molecule has 0 aromatic carbocycles. The van der Waals surface area contributed by atoms with Crippen molar-refractivity contribution >= 4 is 17.5 Å². The van der Waals surface area contributed by atoms with Gasteiger partial charge in [-0.1, -0.05) is 25.4 Å². The Morgan fingerprint density at radius 2 is 2.11 bits per heavy atom. The molecule has 0 saturated carbocycles. The minimum Gasteiger partial charge on any atom is -0.383 e. The Hall–Kier alpha value is -1.13. The van der Waals surface area contributed by atoms with E-state index in [9.17, 15) is 4.79 Å². The number of nitrogens with zero attached hydrogens (tertiary/aromatic N) is 1. The van der Waals surface area contributed by atoms with Gasteiger partial charge in [0.15, 0.2) is 0 Å². The highest BCUT2D eigenvalue weighted by atomic mass is 35.5. The van der Waals surface area contributed by atoms with E-state index in [0.29, 0.717) is 17.3 Å². The van der Waals surface area contributed by atoms with Crippen molar-refractivity contribution < 1.29 is 9.53 Å². The van der Waals surface area contributed by atoms with Crippen LogP contribution in [0.15, 0.2) is 12.1 Å². The molecule has 1 rings (SSSR count). The first kappa shape index (κ1) is 14.9. The van der Waals surface area contributed by atoms with Gasteiger partial charge in [0.1, 0.15) is 5.15 Å². The van der Waals surface area contributed by atoms with Crippen molar-refractivity contribution in [2.75, 3.05) is 13.7 Å². The Labute approximate surface area is 113 Å². The number of rotatable bonds is 5. The topological polar surface area (TPSA) is 51.2 Å². The van der Waals surface area contributed by atoms with Crippen LogP contribution in [-0.4, -0.2) is 30.6 Å². The van der Waals surface area contributed by atoms with Crippen molar-refractivity contribution in [3.05, 3.63) is 28.5 Å². The fourth-order valence-electron chi connectivity index (χ4n) is 1.54. The number of nitrogens with one attached hydrogen (secondary N) is 1. The number of hydrogen-bond donors (Lipinski definition) is 1. The Morgan fingerprint density at radius 3 is 2.67 bits per heavy atom. The fraction of sp³-hybridized carbons (Fsp3) is 0.538. The lowest BCUT2D eigenvalue weighted by molar-refractivity contribution is 0.0905. The molecule has 0 aliphatic heterocycles. The third-order valence-corrected chi connectivity index (χ3v) is 2.66. The van der Waals surface area contributed by atoms with Crippen molar-refractivity contribution in [2.45, 2.75) is 32.7 Å². The van der Waals surface area contributed by atoms with E-state index in [1.54, 1.807) is 19.2 Å². The highest BCUT2D eigenvalue weighted by Gasteiger charge is 2.13. The zero-order valence-electron chi connectivity index (χ0n) is 11.2. The molecule has 1 aromatic rings. The summed E-state index contributed by atoms with van der Waals surface area (Å²) in [6, 6.07) is 3.30. The van der Waals surface area contributed by atoms with Crippen LogP contribution in [0.25, 0.3) is 0 Å². The number of methoxy groups -OCH3 is 1. The van der Waals surface area contributed by atoms with Gasteiger partial charge in [0.05, 0.1) is 6.61 Å². The average molecular weight is 271 g/mol. The van der Waals surface area contributed by atoms with Gasteiger partial charge in [-0.15, -0.1) is 0 Å². The minimum absolute atomic E-state index is 0.0445. The van der Waals surface area contributed by atoms with Gasteiger partial charge in [-0.05, 0) is 25.0 Å². The third kappa shape index (κ3) is 4.27. The van der Waals surface area contributed by atoms with E-state index in [1.165, 1.54) is 0 Å². The molecular formula is C13H19ClN2O2. The van der Waals surface area contributed by atoms with Crippen molar-refractivity contribution in [1.82, 2.24) is 10.3 Å². The van der Waals surface area contributed by atoms with E-state index in [-0.39, 0.29) is 17.9 Å². The number of aromatic nitrogens is 1. The smallest absolute Gasteiger partial charge is 0.251 e. The molecule has 5 heteroatoms. The molecular weight excluding hydrogens is 252 g/mol. The molecule has 18 heavy (non-hydrogen) atoms. The van der Waals surface area contributed by atoms with E-state index in [2.05, 4.69) is 10.3 Å². The van der Waals surface area contributed by atoms with Crippen LogP contribution in [0.5, 0.6) is 0 Å². The number of halogens is 1. The standard InChI is InChI=1S/C13H19ClN2O2/c1-8(2)11-5-10(6-12(14)16-11)13(17)15-9(3)7-18-4/h5-6,8-9H,7H2,1-4H3,(H,15,17). The molecule has 0 bridgehead atoms. The fourth-order valence-corrected chi connectivity index (χ4v) is 1.76.